The predicted octanol–water partition coefficient (Wildman–Crippen LogP) is 4.36. The second-order valence-corrected chi connectivity index (χ2v) is 15.0. The standard InChI is InChI=1S/C36H43IN8O2/c1-21(39-20-22(2)45-29(19-38)16-28-17-32(28)45)18-36(34-40-35(47)44(7)41-34)30-12-10-24(23(3)43(6)37)14-25(30)8-9-26-15-27(11-13-31(26)36)33(46)42(4)5/h10-15,21,28-29,32,39H,2-3,8-9,16-18,20H2,1,4-7H3,(H,40,41,47)/t21-,28+,29-,32-,36?/m0/s1. The Morgan fingerprint density at radius 3 is 2.36 bits per heavy atom. The number of carbonyl (C=O) groups is 1. The summed E-state index contributed by atoms with van der Waals surface area (Å²) in [5.74, 6) is 1.12. The maximum Gasteiger partial charge on any atom is 0.343 e. The van der Waals surface area contributed by atoms with E-state index in [1.165, 1.54) is 4.68 Å². The largest absolute Gasteiger partial charge is 0.355 e. The monoisotopic (exact) mass is 746 g/mol. The number of benzene rings is 2. The Bertz CT molecular complexity index is 1780. The Kier molecular flexibility index (Phi) is 8.86. The van der Waals surface area contributed by atoms with Crippen molar-refractivity contribution in [3.63, 3.8) is 0 Å². The number of amides is 1. The highest BCUT2D eigenvalue weighted by Gasteiger charge is 2.52. The summed E-state index contributed by atoms with van der Waals surface area (Å²) in [5, 5.41) is 18.3. The van der Waals surface area contributed by atoms with E-state index in [4.69, 9.17) is 5.10 Å². The van der Waals surface area contributed by atoms with Crippen LogP contribution >= 0.6 is 22.9 Å². The van der Waals surface area contributed by atoms with Crippen LogP contribution in [0.1, 0.15) is 70.2 Å². The molecule has 0 bridgehead atoms. The summed E-state index contributed by atoms with van der Waals surface area (Å²) in [7, 11) is 7.16. The number of piperidine rings is 1. The Balaban J connectivity index is 1.46. The van der Waals surface area contributed by atoms with Crippen LogP contribution in [0, 0.1) is 17.2 Å². The highest BCUT2D eigenvalue weighted by Crippen LogP contribution is 2.50. The molecule has 5 atom stereocenters. The molecule has 1 unspecified atom stereocenters. The molecule has 1 saturated heterocycles. The van der Waals surface area contributed by atoms with Gasteiger partial charge in [-0.2, -0.15) is 10.4 Å². The number of hydrogen-bond donors (Lipinski definition) is 2. The molecule has 47 heavy (non-hydrogen) atoms. The molecule has 3 aliphatic rings. The first-order chi connectivity index (χ1) is 22.3. The van der Waals surface area contributed by atoms with Crippen molar-refractivity contribution in [1.82, 2.24) is 33.0 Å². The zero-order chi connectivity index (χ0) is 33.8. The number of rotatable bonds is 10. The van der Waals surface area contributed by atoms with Gasteiger partial charge in [-0.1, -0.05) is 31.4 Å². The number of aryl methyl sites for hydroxylation is 3. The van der Waals surface area contributed by atoms with Crippen molar-refractivity contribution in [3.8, 4) is 6.07 Å². The van der Waals surface area contributed by atoms with Crippen LogP contribution in [0.3, 0.4) is 0 Å². The summed E-state index contributed by atoms with van der Waals surface area (Å²) < 4.78 is 3.33. The molecule has 11 heteroatoms. The minimum absolute atomic E-state index is 0.0487. The molecule has 10 nitrogen and oxygen atoms in total. The Hall–Kier alpha value is -3.89. The van der Waals surface area contributed by atoms with Gasteiger partial charge in [-0.05, 0) is 91.0 Å². The number of aromatic nitrogens is 3. The number of fused-ring (bicyclic) bond motifs is 3. The van der Waals surface area contributed by atoms with Gasteiger partial charge in [0.25, 0.3) is 5.91 Å². The third-order valence-electron chi connectivity index (χ3n) is 10.2. The van der Waals surface area contributed by atoms with Gasteiger partial charge in [-0.15, -0.1) is 0 Å². The predicted molar refractivity (Wildman–Crippen MR) is 192 cm³/mol. The Morgan fingerprint density at radius 2 is 1.79 bits per heavy atom. The van der Waals surface area contributed by atoms with E-state index in [0.29, 0.717) is 36.3 Å². The van der Waals surface area contributed by atoms with Crippen molar-refractivity contribution in [2.24, 2.45) is 13.0 Å². The molecule has 6 rings (SSSR count). The quantitative estimate of drug-likeness (QED) is 0.234. The van der Waals surface area contributed by atoms with Gasteiger partial charge < -0.3 is 18.2 Å². The normalized spacial score (nSPS) is 23.1. The van der Waals surface area contributed by atoms with Crippen LogP contribution in [0.2, 0.25) is 0 Å². The van der Waals surface area contributed by atoms with Gasteiger partial charge in [0, 0.05) is 63.8 Å². The first kappa shape index (κ1) is 33.0. The van der Waals surface area contributed by atoms with E-state index < -0.39 is 5.41 Å². The summed E-state index contributed by atoms with van der Waals surface area (Å²) in [4.78, 5) is 33.1. The van der Waals surface area contributed by atoms with E-state index >= 15 is 0 Å². The highest BCUT2D eigenvalue weighted by atomic mass is 127. The molecule has 3 aromatic rings. The van der Waals surface area contributed by atoms with Gasteiger partial charge in [0.1, 0.15) is 11.9 Å². The smallest absolute Gasteiger partial charge is 0.343 e. The number of H-pyrrole nitrogens is 1. The van der Waals surface area contributed by atoms with Crippen LogP contribution in [0.15, 0.2) is 60.0 Å². The lowest BCUT2D eigenvalue weighted by Crippen LogP contribution is -2.42. The van der Waals surface area contributed by atoms with Crippen molar-refractivity contribution in [3.05, 3.63) is 105 Å². The van der Waals surface area contributed by atoms with Crippen molar-refractivity contribution < 1.29 is 4.79 Å². The maximum atomic E-state index is 13.1. The number of nitrogens with one attached hydrogen (secondary N) is 2. The van der Waals surface area contributed by atoms with E-state index in [1.807, 2.05) is 22.3 Å². The van der Waals surface area contributed by atoms with Crippen LogP contribution in [0.25, 0.3) is 5.70 Å². The first-order valence-corrected chi connectivity index (χ1v) is 17.1. The lowest BCUT2D eigenvalue weighted by Gasteiger charge is -2.37. The fourth-order valence-electron chi connectivity index (χ4n) is 7.70. The number of hydrogen-bond acceptors (Lipinski definition) is 7. The van der Waals surface area contributed by atoms with Crippen molar-refractivity contribution in [1.29, 1.82) is 5.26 Å². The van der Waals surface area contributed by atoms with Crippen LogP contribution in [-0.4, -0.2) is 79.4 Å². The van der Waals surface area contributed by atoms with Gasteiger partial charge in [-0.25, -0.2) is 9.48 Å². The zero-order valence-corrected chi connectivity index (χ0v) is 30.0. The summed E-state index contributed by atoms with van der Waals surface area (Å²) in [6, 6.07) is 15.2. The molecule has 2 N–H and O–H groups in total. The molecule has 0 radical (unpaired) electrons. The number of likely N-dealkylation sites (tertiary alicyclic amines) is 1. The Morgan fingerprint density at radius 1 is 1.15 bits per heavy atom. The van der Waals surface area contributed by atoms with Gasteiger partial charge in [0.2, 0.25) is 0 Å². The molecule has 1 aliphatic heterocycles. The van der Waals surface area contributed by atoms with Crippen LogP contribution < -0.4 is 11.0 Å². The van der Waals surface area contributed by atoms with Gasteiger partial charge in [0.15, 0.2) is 0 Å². The summed E-state index contributed by atoms with van der Waals surface area (Å²) >= 11 is 2.23. The van der Waals surface area contributed by atoms with Gasteiger partial charge in [0.05, 0.1) is 34.3 Å². The van der Waals surface area contributed by atoms with Crippen molar-refractivity contribution in [2.75, 3.05) is 27.7 Å². The minimum Gasteiger partial charge on any atom is -0.355 e. The van der Waals surface area contributed by atoms with Crippen LogP contribution in [0.5, 0.6) is 0 Å². The first-order valence-electron chi connectivity index (χ1n) is 16.2. The summed E-state index contributed by atoms with van der Waals surface area (Å²) in [6.07, 6.45) is 4.10. The molecule has 2 fully saturated rings. The molecular formula is C36H43IN8O2. The SMILES string of the molecule is C=C(c1ccc2c(c1)CCc1cc(C(=O)N(C)C)ccc1C2(C[C@H](C)NCC(=C)N1[C@H](C#N)C[C@@H]2C[C@@H]21)c1nn(C)c(=O)[nH]1)N(C)I. The third kappa shape index (κ3) is 5.91. The average Bonchev–Trinajstić information content (AvgIpc) is 3.62. The van der Waals surface area contributed by atoms with E-state index in [-0.39, 0.29) is 23.7 Å². The van der Waals surface area contributed by atoms with E-state index in [0.717, 1.165) is 64.9 Å². The highest BCUT2D eigenvalue weighted by molar-refractivity contribution is 14.1. The van der Waals surface area contributed by atoms with E-state index in [9.17, 15) is 14.9 Å². The fraction of sp³-hybridized carbons (Fsp3) is 0.444. The Labute approximate surface area is 290 Å². The summed E-state index contributed by atoms with van der Waals surface area (Å²) in [5.41, 5.74) is 6.66. The molecular weight excluding hydrogens is 703 g/mol. The topological polar surface area (TPSA) is 113 Å². The van der Waals surface area contributed by atoms with Crippen molar-refractivity contribution in [2.45, 2.75) is 62.6 Å². The number of halogens is 1. The third-order valence-corrected chi connectivity index (χ3v) is 10.8. The van der Waals surface area contributed by atoms with Gasteiger partial charge >= 0.3 is 5.69 Å². The molecule has 0 spiro atoms. The molecule has 2 aliphatic carbocycles. The average molecular weight is 747 g/mol. The fourth-order valence-corrected chi connectivity index (χ4v) is 7.98. The molecule has 2 heterocycles. The molecule has 2 aromatic carbocycles. The lowest BCUT2D eigenvalue weighted by molar-refractivity contribution is 0.0827. The minimum atomic E-state index is -0.838. The number of carbonyl (C=O) groups excluding carboxylic acids is 1. The molecule has 1 saturated carbocycles. The summed E-state index contributed by atoms with van der Waals surface area (Å²) in [6.45, 7) is 11.4. The lowest BCUT2D eigenvalue weighted by atomic mass is 9.67. The van der Waals surface area contributed by atoms with E-state index in [2.05, 4.69) is 88.5 Å². The second kappa shape index (κ2) is 12.6. The second-order valence-electron chi connectivity index (χ2n) is 13.6. The van der Waals surface area contributed by atoms with Gasteiger partial charge in [-0.3, -0.25) is 9.78 Å². The molecule has 1 aromatic heterocycles. The van der Waals surface area contributed by atoms with Crippen molar-refractivity contribution >= 4 is 34.5 Å². The van der Waals surface area contributed by atoms with E-state index in [1.54, 1.807) is 26.0 Å². The number of nitriles is 1. The van der Waals surface area contributed by atoms with Crippen LogP contribution in [-0.2, 0) is 25.3 Å². The molecule has 246 valence electrons. The van der Waals surface area contributed by atoms with Crippen LogP contribution in [0.4, 0.5) is 0 Å². The maximum absolute atomic E-state index is 13.1. The molecule has 1 amide bonds. The zero-order valence-electron chi connectivity index (χ0n) is 27.8. The number of aromatic amines is 1. The number of nitrogens with zero attached hydrogens (tertiary/aromatic N) is 6.